The van der Waals surface area contributed by atoms with Gasteiger partial charge in [-0.2, -0.15) is 0 Å². The molecule has 5 nitrogen and oxygen atoms in total. The van der Waals surface area contributed by atoms with Crippen LogP contribution in [0.1, 0.15) is 0 Å². The molecule has 1 aliphatic rings. The number of halogens is 2. The van der Waals surface area contributed by atoms with Crippen LogP contribution in [0.2, 0.25) is 10.0 Å². The Labute approximate surface area is 155 Å². The molecular weight excluding hydrogens is 369 g/mol. The van der Waals surface area contributed by atoms with Gasteiger partial charge in [0.1, 0.15) is 18.5 Å². The maximum Gasteiger partial charge on any atom is 0.185 e. The smallest absolute Gasteiger partial charge is 0.185 e. The molecule has 1 aromatic carbocycles. The van der Waals surface area contributed by atoms with Crippen LogP contribution < -0.4 is 9.64 Å². The molecule has 1 N–H and O–H groups in total. The topological polar surface area (TPSA) is 48.8 Å². The Hall–Kier alpha value is -1.05. The highest BCUT2D eigenvalue weighted by Crippen LogP contribution is 2.27. The van der Waals surface area contributed by atoms with Gasteiger partial charge in [0.2, 0.25) is 0 Å². The van der Waals surface area contributed by atoms with E-state index in [1.807, 2.05) is 11.6 Å². The van der Waals surface area contributed by atoms with Crippen molar-refractivity contribution in [2.45, 2.75) is 6.10 Å². The number of anilines is 1. The van der Waals surface area contributed by atoms with Gasteiger partial charge in [0.15, 0.2) is 5.13 Å². The van der Waals surface area contributed by atoms with Crippen LogP contribution in [0.5, 0.6) is 5.75 Å². The van der Waals surface area contributed by atoms with E-state index < -0.39 is 6.10 Å². The lowest BCUT2D eigenvalue weighted by Gasteiger charge is -2.35. The van der Waals surface area contributed by atoms with Crippen LogP contribution in [0.25, 0.3) is 0 Å². The summed E-state index contributed by atoms with van der Waals surface area (Å²) in [6.45, 7) is 4.43. The number of hydrogen-bond acceptors (Lipinski definition) is 6. The Kier molecular flexibility index (Phi) is 6.19. The summed E-state index contributed by atoms with van der Waals surface area (Å²) in [7, 11) is 0. The van der Waals surface area contributed by atoms with Crippen LogP contribution in [0.4, 0.5) is 5.13 Å². The number of piperazine rings is 1. The summed E-state index contributed by atoms with van der Waals surface area (Å²) in [6, 6.07) is 5.06. The third-order valence-corrected chi connectivity index (χ3v) is 5.22. The Bertz CT molecular complexity index is 649. The number of benzene rings is 1. The number of thiazole rings is 1. The molecule has 1 aromatic heterocycles. The first-order valence-corrected chi connectivity index (χ1v) is 9.38. The minimum Gasteiger partial charge on any atom is -0.489 e. The van der Waals surface area contributed by atoms with Crippen molar-refractivity contribution in [2.24, 2.45) is 0 Å². The second-order valence-corrected chi connectivity index (χ2v) is 7.36. The summed E-state index contributed by atoms with van der Waals surface area (Å²) in [5, 5.41) is 14.3. The molecule has 0 spiro atoms. The highest BCUT2D eigenvalue weighted by molar-refractivity contribution is 7.13. The van der Waals surface area contributed by atoms with Gasteiger partial charge in [0.05, 0.1) is 5.02 Å². The summed E-state index contributed by atoms with van der Waals surface area (Å²) >= 11 is 13.6. The molecule has 24 heavy (non-hydrogen) atoms. The lowest BCUT2D eigenvalue weighted by atomic mass is 10.2. The number of rotatable bonds is 6. The van der Waals surface area contributed by atoms with Crippen molar-refractivity contribution in [2.75, 3.05) is 44.2 Å². The second-order valence-electron chi connectivity index (χ2n) is 5.64. The molecule has 1 unspecified atom stereocenters. The van der Waals surface area contributed by atoms with Gasteiger partial charge in [-0.3, -0.25) is 4.90 Å². The van der Waals surface area contributed by atoms with Crippen LogP contribution in [-0.4, -0.2) is 60.4 Å². The Balaban J connectivity index is 1.42. The van der Waals surface area contributed by atoms with E-state index in [-0.39, 0.29) is 6.61 Å². The van der Waals surface area contributed by atoms with Crippen molar-refractivity contribution in [3.63, 3.8) is 0 Å². The summed E-state index contributed by atoms with van der Waals surface area (Å²) in [5.74, 6) is 0.536. The average Bonchev–Trinajstić information content (AvgIpc) is 3.09. The summed E-state index contributed by atoms with van der Waals surface area (Å²) in [5.41, 5.74) is 0. The molecule has 0 bridgehead atoms. The van der Waals surface area contributed by atoms with Crippen molar-refractivity contribution in [3.05, 3.63) is 39.8 Å². The zero-order valence-corrected chi connectivity index (χ0v) is 15.4. The van der Waals surface area contributed by atoms with Crippen molar-refractivity contribution < 1.29 is 9.84 Å². The average molecular weight is 388 g/mol. The van der Waals surface area contributed by atoms with Gasteiger partial charge in [-0.1, -0.05) is 23.2 Å². The lowest BCUT2D eigenvalue weighted by molar-refractivity contribution is 0.0663. The Morgan fingerprint density at radius 1 is 1.25 bits per heavy atom. The van der Waals surface area contributed by atoms with Crippen LogP contribution in [-0.2, 0) is 0 Å². The monoisotopic (exact) mass is 387 g/mol. The highest BCUT2D eigenvalue weighted by atomic mass is 35.5. The predicted octanol–water partition coefficient (Wildman–Crippen LogP) is 3.01. The molecule has 130 valence electrons. The number of aliphatic hydroxyl groups is 1. The minimum absolute atomic E-state index is 0.202. The molecule has 1 aliphatic heterocycles. The fourth-order valence-corrected chi connectivity index (χ4v) is 3.78. The van der Waals surface area contributed by atoms with Crippen LogP contribution in [0, 0.1) is 0 Å². The first-order valence-electron chi connectivity index (χ1n) is 7.74. The van der Waals surface area contributed by atoms with Gasteiger partial charge >= 0.3 is 0 Å². The van der Waals surface area contributed by atoms with E-state index in [0.29, 0.717) is 22.3 Å². The fourth-order valence-electron chi connectivity index (χ4n) is 2.62. The van der Waals surface area contributed by atoms with Gasteiger partial charge in [-0.15, -0.1) is 11.3 Å². The summed E-state index contributed by atoms with van der Waals surface area (Å²) < 4.78 is 5.59. The first kappa shape index (κ1) is 17.8. The van der Waals surface area contributed by atoms with E-state index >= 15 is 0 Å². The maximum atomic E-state index is 10.2. The zero-order chi connectivity index (χ0) is 16.9. The maximum absolute atomic E-state index is 10.2. The van der Waals surface area contributed by atoms with Gasteiger partial charge in [0, 0.05) is 49.3 Å². The van der Waals surface area contributed by atoms with Crippen molar-refractivity contribution in [1.82, 2.24) is 9.88 Å². The molecule has 0 aliphatic carbocycles. The minimum atomic E-state index is -0.567. The zero-order valence-electron chi connectivity index (χ0n) is 13.1. The third-order valence-electron chi connectivity index (χ3n) is 3.86. The standard InChI is InChI=1S/C16H19Cl2N3O2S/c17-12-1-2-15(14(18)9-12)23-11-13(22)10-20-4-6-21(7-5-20)16-19-3-8-24-16/h1-3,8-9,13,22H,4-7,10-11H2. The quantitative estimate of drug-likeness (QED) is 0.825. The number of aliphatic hydroxyl groups excluding tert-OH is 1. The molecule has 8 heteroatoms. The SMILES string of the molecule is OC(COc1ccc(Cl)cc1Cl)CN1CCN(c2nccs2)CC1. The van der Waals surface area contributed by atoms with Crippen LogP contribution in [0.3, 0.4) is 0 Å². The predicted molar refractivity (Wildman–Crippen MR) is 98.7 cm³/mol. The van der Waals surface area contributed by atoms with E-state index in [1.54, 1.807) is 29.5 Å². The number of ether oxygens (including phenoxy) is 1. The lowest BCUT2D eigenvalue weighted by Crippen LogP contribution is -2.49. The Morgan fingerprint density at radius 3 is 2.71 bits per heavy atom. The van der Waals surface area contributed by atoms with E-state index in [0.717, 1.165) is 31.3 Å². The van der Waals surface area contributed by atoms with Crippen molar-refractivity contribution in [1.29, 1.82) is 0 Å². The van der Waals surface area contributed by atoms with E-state index in [2.05, 4.69) is 14.8 Å². The largest absolute Gasteiger partial charge is 0.489 e. The molecule has 1 fully saturated rings. The van der Waals surface area contributed by atoms with Gasteiger partial charge in [-0.05, 0) is 18.2 Å². The third kappa shape index (κ3) is 4.74. The molecule has 2 aromatic rings. The van der Waals surface area contributed by atoms with Crippen molar-refractivity contribution >= 4 is 39.7 Å². The Morgan fingerprint density at radius 2 is 2.04 bits per heavy atom. The summed E-state index contributed by atoms with van der Waals surface area (Å²) in [6.07, 6.45) is 1.26. The highest BCUT2D eigenvalue weighted by Gasteiger charge is 2.21. The van der Waals surface area contributed by atoms with Gasteiger partial charge in [0.25, 0.3) is 0 Å². The van der Waals surface area contributed by atoms with Crippen molar-refractivity contribution in [3.8, 4) is 5.75 Å². The molecule has 3 rings (SSSR count). The molecule has 0 radical (unpaired) electrons. The van der Waals surface area contributed by atoms with Gasteiger partial charge in [-0.25, -0.2) is 4.98 Å². The second kappa shape index (κ2) is 8.36. The molecule has 0 amide bonds. The summed E-state index contributed by atoms with van der Waals surface area (Å²) in [4.78, 5) is 8.85. The number of nitrogens with zero attached hydrogens (tertiary/aromatic N) is 3. The van der Waals surface area contributed by atoms with Gasteiger partial charge < -0.3 is 14.7 Å². The number of hydrogen-bond donors (Lipinski definition) is 1. The van der Waals surface area contributed by atoms with E-state index in [9.17, 15) is 5.11 Å². The normalized spacial score (nSPS) is 17.0. The van der Waals surface area contributed by atoms with Crippen LogP contribution in [0.15, 0.2) is 29.8 Å². The number of β-amino-alcohol motifs (C(OH)–C–C–N with tert-alkyl or cyclic N) is 1. The van der Waals surface area contributed by atoms with E-state index in [4.69, 9.17) is 27.9 Å². The number of aromatic nitrogens is 1. The fraction of sp³-hybridized carbons (Fsp3) is 0.438. The molecule has 0 saturated carbocycles. The van der Waals surface area contributed by atoms with E-state index in [1.165, 1.54) is 0 Å². The molecule has 1 saturated heterocycles. The molecular formula is C16H19Cl2N3O2S. The molecule has 1 atom stereocenters. The van der Waals surface area contributed by atoms with Crippen LogP contribution >= 0.6 is 34.5 Å². The first-order chi connectivity index (χ1) is 11.6. The molecule has 2 heterocycles.